The van der Waals surface area contributed by atoms with Gasteiger partial charge in [-0.15, -0.1) is 0 Å². The van der Waals surface area contributed by atoms with Crippen LogP contribution in [0, 0.1) is 0 Å². The van der Waals surface area contributed by atoms with Gasteiger partial charge in [0.25, 0.3) is 0 Å². The highest BCUT2D eigenvalue weighted by Gasteiger charge is 2.67. The fourth-order valence-electron chi connectivity index (χ4n) is 1.16. The van der Waals surface area contributed by atoms with Crippen LogP contribution >= 0.6 is 0 Å². The van der Waals surface area contributed by atoms with Crippen molar-refractivity contribution in [1.29, 1.82) is 0 Å². The summed E-state index contributed by atoms with van der Waals surface area (Å²) < 4.78 is 40.8. The molecule has 0 radical (unpaired) electrons. The van der Waals surface area contributed by atoms with Crippen molar-refractivity contribution in [2.24, 2.45) is 0 Å². The van der Waals surface area contributed by atoms with Crippen LogP contribution in [0.5, 0.6) is 0 Å². The molecule has 0 spiro atoms. The monoisotopic (exact) mass is 218 g/mol. The van der Waals surface area contributed by atoms with Crippen molar-refractivity contribution in [3.63, 3.8) is 0 Å². The predicted molar refractivity (Wildman–Crippen MR) is 35.0 cm³/mol. The van der Waals surface area contributed by atoms with Gasteiger partial charge in [0.15, 0.2) is 6.29 Å². The highest BCUT2D eigenvalue weighted by atomic mass is 19.4. The van der Waals surface area contributed by atoms with E-state index in [9.17, 15) is 13.2 Å². The van der Waals surface area contributed by atoms with E-state index in [1.807, 2.05) is 0 Å². The number of aliphatic hydroxyl groups excluding tert-OH is 3. The number of hydrogen-bond donors (Lipinski definition) is 4. The Morgan fingerprint density at radius 3 is 2.07 bits per heavy atom. The van der Waals surface area contributed by atoms with Crippen LogP contribution in [0.2, 0.25) is 0 Å². The van der Waals surface area contributed by atoms with Crippen LogP contribution in [0.15, 0.2) is 0 Å². The maximum Gasteiger partial charge on any atom is 0.424 e. The third-order valence-electron chi connectivity index (χ3n) is 2.07. The highest BCUT2D eigenvalue weighted by Crippen LogP contribution is 2.39. The Bertz CT molecular complexity index is 220. The first-order valence-corrected chi connectivity index (χ1v) is 3.66. The summed E-state index contributed by atoms with van der Waals surface area (Å²) in [5.41, 5.74) is -3.86. The largest absolute Gasteiger partial charge is 0.424 e. The van der Waals surface area contributed by atoms with Gasteiger partial charge in [-0.05, 0) is 0 Å². The molecule has 1 fully saturated rings. The van der Waals surface area contributed by atoms with Crippen molar-refractivity contribution in [2.45, 2.75) is 30.3 Å². The van der Waals surface area contributed by atoms with Crippen molar-refractivity contribution in [3.8, 4) is 0 Å². The summed E-state index contributed by atoms with van der Waals surface area (Å²) in [4.78, 5) is 0. The van der Waals surface area contributed by atoms with Crippen molar-refractivity contribution in [1.82, 2.24) is 0 Å². The number of rotatable bonds is 0. The molecule has 1 aliphatic rings. The normalized spacial score (nSPS) is 45.2. The average molecular weight is 218 g/mol. The fourth-order valence-corrected chi connectivity index (χ4v) is 1.16. The maximum absolute atomic E-state index is 12.2. The summed E-state index contributed by atoms with van der Waals surface area (Å²) in [6, 6.07) is 0. The molecule has 5 nitrogen and oxygen atoms in total. The summed E-state index contributed by atoms with van der Waals surface area (Å²) in [5, 5.41) is 35.6. The lowest BCUT2D eigenvalue weighted by Crippen LogP contribution is -2.69. The topological polar surface area (TPSA) is 90.2 Å². The van der Waals surface area contributed by atoms with Gasteiger partial charge in [-0.1, -0.05) is 0 Å². The highest BCUT2D eigenvalue weighted by molar-refractivity contribution is 5.01. The number of alkyl halides is 3. The Hall–Kier alpha value is -0.410. The Kier molecular flexibility index (Phi) is 2.76. The summed E-state index contributed by atoms with van der Waals surface area (Å²) >= 11 is 0. The first-order chi connectivity index (χ1) is 6.21. The van der Waals surface area contributed by atoms with Gasteiger partial charge in [0.05, 0.1) is 6.61 Å². The van der Waals surface area contributed by atoms with Crippen molar-refractivity contribution < 1.29 is 38.3 Å². The molecule has 0 aromatic carbocycles. The van der Waals surface area contributed by atoms with Gasteiger partial charge >= 0.3 is 6.18 Å². The molecule has 84 valence electrons. The zero-order chi connectivity index (χ0) is 11.1. The van der Waals surface area contributed by atoms with Gasteiger partial charge in [0.1, 0.15) is 12.2 Å². The van der Waals surface area contributed by atoms with Crippen LogP contribution in [0.3, 0.4) is 0 Å². The van der Waals surface area contributed by atoms with E-state index < -0.39 is 36.9 Å². The molecule has 1 aliphatic heterocycles. The number of ether oxygens (including phenoxy) is 1. The standard InChI is InChI=1S/C6H9F3O5/c7-6(8,9)5(13)3(11)2(10)1-14-4(5)12/h2-4,10-13H,1H2/t2-,3-,4?,5-/m1/s1. The summed E-state index contributed by atoms with van der Waals surface area (Å²) in [5.74, 6) is 0. The predicted octanol–water partition coefficient (Wildman–Crippen LogP) is -1.65. The quantitative estimate of drug-likeness (QED) is 0.391. The van der Waals surface area contributed by atoms with E-state index in [1.54, 1.807) is 0 Å². The molecular weight excluding hydrogens is 209 g/mol. The molecule has 0 aromatic rings. The Balaban J connectivity index is 3.02. The van der Waals surface area contributed by atoms with Gasteiger partial charge in [-0.2, -0.15) is 13.2 Å². The Morgan fingerprint density at radius 1 is 1.21 bits per heavy atom. The molecule has 14 heavy (non-hydrogen) atoms. The molecule has 0 amide bonds. The molecule has 1 rings (SSSR count). The molecule has 4 atom stereocenters. The summed E-state index contributed by atoms with van der Waals surface area (Å²) in [6.45, 7) is -0.680. The van der Waals surface area contributed by atoms with E-state index in [1.165, 1.54) is 0 Å². The van der Waals surface area contributed by atoms with Crippen LogP contribution in [-0.4, -0.2) is 57.3 Å². The van der Waals surface area contributed by atoms with Gasteiger partial charge in [-0.3, -0.25) is 0 Å². The third kappa shape index (κ3) is 1.48. The second-order valence-corrected chi connectivity index (χ2v) is 3.02. The van der Waals surface area contributed by atoms with Gasteiger partial charge in [-0.25, -0.2) is 0 Å². The van der Waals surface area contributed by atoms with E-state index in [2.05, 4.69) is 4.74 Å². The van der Waals surface area contributed by atoms with Crippen molar-refractivity contribution >= 4 is 0 Å². The fraction of sp³-hybridized carbons (Fsp3) is 1.00. The zero-order valence-corrected chi connectivity index (χ0v) is 6.77. The van der Waals surface area contributed by atoms with Crippen LogP contribution in [0.25, 0.3) is 0 Å². The van der Waals surface area contributed by atoms with E-state index in [0.29, 0.717) is 0 Å². The van der Waals surface area contributed by atoms with Crippen molar-refractivity contribution in [3.05, 3.63) is 0 Å². The first kappa shape index (κ1) is 11.7. The molecule has 0 saturated carbocycles. The lowest BCUT2D eigenvalue weighted by atomic mass is 9.89. The van der Waals surface area contributed by atoms with E-state index in [0.717, 1.165) is 0 Å². The van der Waals surface area contributed by atoms with Crippen LogP contribution in [0.4, 0.5) is 13.2 Å². The lowest BCUT2D eigenvalue weighted by molar-refractivity contribution is -0.390. The number of hydrogen-bond acceptors (Lipinski definition) is 5. The molecule has 0 aromatic heterocycles. The molecule has 1 heterocycles. The number of aliphatic hydroxyl groups is 4. The minimum Gasteiger partial charge on any atom is -0.388 e. The molecule has 8 heteroatoms. The van der Waals surface area contributed by atoms with Gasteiger partial charge in [0.2, 0.25) is 5.60 Å². The van der Waals surface area contributed by atoms with Crippen LogP contribution in [-0.2, 0) is 4.74 Å². The SMILES string of the molecule is OC1OC[C@@H](O)[C@@H](O)[C@]1(O)C(F)(F)F. The molecule has 0 bridgehead atoms. The average Bonchev–Trinajstić information content (AvgIpc) is 2.06. The van der Waals surface area contributed by atoms with Crippen molar-refractivity contribution in [2.75, 3.05) is 6.61 Å². The minimum absolute atomic E-state index is 0.680. The van der Waals surface area contributed by atoms with Crippen LogP contribution < -0.4 is 0 Å². The third-order valence-corrected chi connectivity index (χ3v) is 2.07. The van der Waals surface area contributed by atoms with Gasteiger partial charge < -0.3 is 25.2 Å². The van der Waals surface area contributed by atoms with E-state index in [4.69, 9.17) is 20.4 Å². The molecule has 0 aliphatic carbocycles. The maximum atomic E-state index is 12.2. The minimum atomic E-state index is -5.30. The smallest absolute Gasteiger partial charge is 0.388 e. The lowest BCUT2D eigenvalue weighted by Gasteiger charge is -2.43. The van der Waals surface area contributed by atoms with E-state index >= 15 is 0 Å². The zero-order valence-electron chi connectivity index (χ0n) is 6.77. The molecule has 1 unspecified atom stereocenters. The Labute approximate surface area is 76.3 Å². The summed E-state index contributed by atoms with van der Waals surface area (Å²) in [6.07, 6.45) is -12.3. The number of halogens is 3. The van der Waals surface area contributed by atoms with E-state index in [-0.39, 0.29) is 0 Å². The van der Waals surface area contributed by atoms with Crippen LogP contribution in [0.1, 0.15) is 0 Å². The summed E-state index contributed by atoms with van der Waals surface area (Å²) in [7, 11) is 0. The second kappa shape index (κ2) is 3.31. The van der Waals surface area contributed by atoms with Gasteiger partial charge in [0, 0.05) is 0 Å². The second-order valence-electron chi connectivity index (χ2n) is 3.02. The first-order valence-electron chi connectivity index (χ1n) is 3.66. The molecule has 1 saturated heterocycles. The Morgan fingerprint density at radius 2 is 1.71 bits per heavy atom. The molecule has 4 N–H and O–H groups in total. The molecular formula is C6H9F3O5.